The van der Waals surface area contributed by atoms with E-state index in [0.29, 0.717) is 36.4 Å². The molecule has 0 aliphatic rings. The molecule has 11 N–H and O–H groups in total. The van der Waals surface area contributed by atoms with Crippen molar-refractivity contribution in [3.8, 4) is 5.75 Å². The van der Waals surface area contributed by atoms with Crippen molar-refractivity contribution in [2.45, 2.75) is 68.7 Å². The van der Waals surface area contributed by atoms with Crippen LogP contribution >= 0.6 is 24.4 Å². The average molecular weight is 681 g/mol. The van der Waals surface area contributed by atoms with Gasteiger partial charge >= 0.3 is 5.97 Å². The molecule has 5 atom stereocenters. The maximum atomic E-state index is 13.7. The summed E-state index contributed by atoms with van der Waals surface area (Å²) in [6.45, 7) is 0.383. The summed E-state index contributed by atoms with van der Waals surface area (Å²) in [4.78, 5) is 71.7. The summed E-state index contributed by atoms with van der Waals surface area (Å²) < 4.78 is 0. The van der Waals surface area contributed by atoms with Crippen molar-refractivity contribution in [1.29, 1.82) is 0 Å². The maximum Gasteiger partial charge on any atom is 0.326 e. The number of hydrogen-bond donors (Lipinski definition) is 10. The molecule has 0 spiro atoms. The van der Waals surface area contributed by atoms with Crippen LogP contribution in [0.25, 0.3) is 0 Å². The number of amides is 4. The molecule has 1 aromatic carbocycles. The van der Waals surface area contributed by atoms with Crippen LogP contribution in [0.5, 0.6) is 5.75 Å². The summed E-state index contributed by atoms with van der Waals surface area (Å²) in [5.74, 6) is -3.39. The molecule has 5 unspecified atom stereocenters. The first-order chi connectivity index (χ1) is 22.0. The maximum absolute atomic E-state index is 13.7. The van der Waals surface area contributed by atoms with E-state index in [4.69, 9.17) is 11.5 Å². The van der Waals surface area contributed by atoms with Crippen molar-refractivity contribution in [1.82, 2.24) is 31.2 Å². The van der Waals surface area contributed by atoms with Crippen LogP contribution in [-0.4, -0.2) is 104 Å². The van der Waals surface area contributed by atoms with Crippen molar-refractivity contribution >= 4 is 54.0 Å². The molecule has 1 heterocycles. The standard InChI is InChI=1S/C29H44N8O7S2/c1-46-11-9-22(27(41)37-24(29(43)44)13-18-14-32-16-33-18)35-28(42)23(12-17-5-7-19(38)8-6-17)36-26(40)21(4-2-3-10-30)34-25(39)20(31)15-45/h5-8,14,16,20-24,38,45H,2-4,9-13,15,30-31H2,1H3,(H,32,33)(H,34,39)(H,35,42)(H,36,40)(H,37,41)(H,43,44). The van der Waals surface area contributed by atoms with Crippen LogP contribution in [0.4, 0.5) is 0 Å². The monoisotopic (exact) mass is 680 g/mol. The Kier molecular flexibility index (Phi) is 17.0. The summed E-state index contributed by atoms with van der Waals surface area (Å²) in [6, 6.07) is 0.402. The smallest absolute Gasteiger partial charge is 0.326 e. The number of nitrogens with two attached hydrogens (primary N) is 2. The highest BCUT2D eigenvalue weighted by atomic mass is 32.2. The molecule has 0 aliphatic heterocycles. The van der Waals surface area contributed by atoms with Gasteiger partial charge in [-0.05, 0) is 61.9 Å². The van der Waals surface area contributed by atoms with Gasteiger partial charge in [-0.25, -0.2) is 9.78 Å². The first-order valence-corrected chi connectivity index (χ1v) is 16.8. The summed E-state index contributed by atoms with van der Waals surface area (Å²) in [5.41, 5.74) is 12.5. The van der Waals surface area contributed by atoms with Gasteiger partial charge in [0.15, 0.2) is 0 Å². The lowest BCUT2D eigenvalue weighted by Gasteiger charge is -2.26. The number of nitrogens with one attached hydrogen (secondary N) is 5. The van der Waals surface area contributed by atoms with Crippen LogP contribution in [0.1, 0.15) is 36.9 Å². The van der Waals surface area contributed by atoms with Crippen LogP contribution < -0.4 is 32.7 Å². The van der Waals surface area contributed by atoms with Gasteiger partial charge in [0.05, 0.1) is 12.4 Å². The predicted octanol–water partition coefficient (Wildman–Crippen LogP) is -0.936. The zero-order chi connectivity index (χ0) is 34.1. The number of phenolic OH excluding ortho intramolecular Hbond substituents is 1. The van der Waals surface area contributed by atoms with Crippen molar-refractivity contribution in [2.75, 3.05) is 24.3 Å². The Hall–Kier alpha value is -3.80. The molecule has 0 radical (unpaired) electrons. The van der Waals surface area contributed by atoms with E-state index in [0.717, 1.165) is 0 Å². The number of benzene rings is 1. The lowest BCUT2D eigenvalue weighted by Crippen LogP contribution is -2.59. The van der Waals surface area contributed by atoms with E-state index in [1.54, 1.807) is 12.1 Å². The summed E-state index contributed by atoms with van der Waals surface area (Å²) in [5, 5.41) is 29.9. The number of carboxylic acid groups (broad SMARTS) is 1. The number of aliphatic carboxylic acids is 1. The zero-order valence-corrected chi connectivity index (χ0v) is 27.3. The van der Waals surface area contributed by atoms with E-state index >= 15 is 0 Å². The third kappa shape index (κ3) is 13.3. The van der Waals surface area contributed by atoms with Crippen LogP contribution in [0.3, 0.4) is 0 Å². The third-order valence-electron chi connectivity index (χ3n) is 6.96. The number of hydrogen-bond acceptors (Lipinski definition) is 11. The highest BCUT2D eigenvalue weighted by Crippen LogP contribution is 2.13. The van der Waals surface area contributed by atoms with E-state index in [1.165, 1.54) is 36.4 Å². The van der Waals surface area contributed by atoms with E-state index in [9.17, 15) is 34.2 Å². The number of aromatic amines is 1. The fourth-order valence-electron chi connectivity index (χ4n) is 4.34. The van der Waals surface area contributed by atoms with Crippen LogP contribution in [0.15, 0.2) is 36.8 Å². The van der Waals surface area contributed by atoms with E-state index in [2.05, 4.69) is 43.9 Å². The Bertz CT molecular complexity index is 1270. The van der Waals surface area contributed by atoms with Gasteiger partial charge < -0.3 is 47.9 Å². The number of phenols is 1. The molecule has 2 aromatic rings. The molecular formula is C29H44N8O7S2. The predicted molar refractivity (Wildman–Crippen MR) is 177 cm³/mol. The largest absolute Gasteiger partial charge is 0.508 e. The number of aromatic hydroxyl groups is 1. The molecule has 15 nitrogen and oxygen atoms in total. The molecule has 0 saturated carbocycles. The minimum absolute atomic E-state index is 0.00825. The van der Waals surface area contributed by atoms with Crippen LogP contribution in [0.2, 0.25) is 0 Å². The molecule has 46 heavy (non-hydrogen) atoms. The quantitative estimate of drug-likeness (QED) is 0.0569. The first kappa shape index (κ1) is 38.4. The number of carbonyl (C=O) groups excluding carboxylic acids is 4. The number of nitrogens with zero attached hydrogens (tertiary/aromatic N) is 1. The lowest BCUT2D eigenvalue weighted by atomic mass is 10.0. The Labute approximate surface area is 277 Å². The number of H-pyrrole nitrogens is 1. The molecule has 17 heteroatoms. The Morgan fingerprint density at radius 3 is 2.04 bits per heavy atom. The molecule has 0 aliphatic carbocycles. The van der Waals surface area contributed by atoms with Gasteiger partial charge in [0.1, 0.15) is 29.9 Å². The minimum atomic E-state index is -1.30. The van der Waals surface area contributed by atoms with Crippen LogP contribution in [-0.2, 0) is 36.8 Å². The second kappa shape index (κ2) is 20.3. The van der Waals surface area contributed by atoms with Gasteiger partial charge in [-0.15, -0.1) is 0 Å². The van der Waals surface area contributed by atoms with Gasteiger partial charge in [0, 0.05) is 30.5 Å². The average Bonchev–Trinajstić information content (AvgIpc) is 3.55. The van der Waals surface area contributed by atoms with Gasteiger partial charge in [-0.1, -0.05) is 12.1 Å². The first-order valence-electron chi connectivity index (χ1n) is 14.7. The lowest BCUT2D eigenvalue weighted by molar-refractivity contribution is -0.142. The summed E-state index contributed by atoms with van der Waals surface area (Å²) >= 11 is 5.47. The summed E-state index contributed by atoms with van der Waals surface area (Å²) in [6.07, 6.45) is 6.10. The normalized spacial score (nSPS) is 14.3. The van der Waals surface area contributed by atoms with Crippen molar-refractivity contribution in [3.63, 3.8) is 0 Å². The van der Waals surface area contributed by atoms with E-state index < -0.39 is 59.8 Å². The second-order valence-electron chi connectivity index (χ2n) is 10.6. The molecule has 0 saturated heterocycles. The second-order valence-corrected chi connectivity index (χ2v) is 11.9. The molecule has 4 amide bonds. The van der Waals surface area contributed by atoms with Crippen molar-refractivity contribution in [3.05, 3.63) is 48.0 Å². The molecular weight excluding hydrogens is 637 g/mol. The molecule has 254 valence electrons. The van der Waals surface area contributed by atoms with Gasteiger partial charge in [-0.3, -0.25) is 19.2 Å². The number of thioether (sulfide) groups is 1. The number of carboxylic acids is 1. The van der Waals surface area contributed by atoms with E-state index in [-0.39, 0.29) is 37.2 Å². The Balaban J connectivity index is 2.30. The third-order valence-corrected chi connectivity index (χ3v) is 8.00. The Morgan fingerprint density at radius 2 is 1.48 bits per heavy atom. The van der Waals surface area contributed by atoms with Crippen molar-refractivity contribution in [2.24, 2.45) is 11.5 Å². The SMILES string of the molecule is CSCCC(NC(=O)C(Cc1ccc(O)cc1)NC(=O)C(CCCCN)NC(=O)C(N)CS)C(=O)NC(Cc1cnc[nH]1)C(=O)O. The number of carbonyl (C=O) groups is 5. The molecule has 0 fully saturated rings. The highest BCUT2D eigenvalue weighted by Gasteiger charge is 2.32. The number of unbranched alkanes of at least 4 members (excludes halogenated alkanes) is 1. The number of aromatic nitrogens is 2. The topological polar surface area (TPSA) is 255 Å². The fraction of sp³-hybridized carbons (Fsp3) is 0.517. The number of imidazole rings is 1. The minimum Gasteiger partial charge on any atom is -0.508 e. The van der Waals surface area contributed by atoms with Crippen LogP contribution in [0, 0.1) is 0 Å². The van der Waals surface area contributed by atoms with Gasteiger partial charge in [-0.2, -0.15) is 24.4 Å². The van der Waals surface area contributed by atoms with Gasteiger partial charge in [0.2, 0.25) is 23.6 Å². The van der Waals surface area contributed by atoms with E-state index in [1.807, 2.05) is 6.26 Å². The molecule has 2 rings (SSSR count). The Morgan fingerprint density at radius 1 is 0.891 bits per heavy atom. The molecule has 1 aromatic heterocycles. The van der Waals surface area contributed by atoms with Gasteiger partial charge in [0.25, 0.3) is 0 Å². The fourth-order valence-corrected chi connectivity index (χ4v) is 4.98. The number of rotatable bonds is 21. The molecule has 0 bridgehead atoms. The zero-order valence-electron chi connectivity index (χ0n) is 25.6. The number of thiol groups is 1. The van der Waals surface area contributed by atoms with Crippen molar-refractivity contribution < 1.29 is 34.2 Å². The summed E-state index contributed by atoms with van der Waals surface area (Å²) in [7, 11) is 0. The highest BCUT2D eigenvalue weighted by molar-refractivity contribution is 7.98.